The van der Waals surface area contributed by atoms with Crippen molar-refractivity contribution < 1.29 is 9.90 Å². The highest BCUT2D eigenvalue weighted by Gasteiger charge is 2.23. The van der Waals surface area contributed by atoms with Crippen LogP contribution in [0.3, 0.4) is 0 Å². The fraction of sp³-hybridized carbons (Fsp3) is 0.444. The molecule has 1 amide bonds. The van der Waals surface area contributed by atoms with Crippen LogP contribution < -0.4 is 10.9 Å². The van der Waals surface area contributed by atoms with Crippen molar-refractivity contribution in [3.8, 4) is 5.69 Å². The number of aryl methyl sites for hydroxylation is 1. The number of nitrogens with one attached hydrogen (secondary N) is 2. The summed E-state index contributed by atoms with van der Waals surface area (Å²) in [6.45, 7) is 2.19. The molecule has 6 nitrogen and oxygen atoms in total. The molecule has 1 aromatic carbocycles. The van der Waals surface area contributed by atoms with Gasteiger partial charge < -0.3 is 10.4 Å². The lowest BCUT2D eigenvalue weighted by atomic mass is 9.86. The first-order chi connectivity index (χ1) is 11.6. The van der Waals surface area contributed by atoms with Gasteiger partial charge in [0, 0.05) is 18.7 Å². The molecule has 0 aliphatic heterocycles. The second-order valence-electron chi connectivity index (χ2n) is 6.55. The number of hydrogen-bond donors (Lipinski definition) is 3. The van der Waals surface area contributed by atoms with Gasteiger partial charge in [0.15, 0.2) is 0 Å². The highest BCUT2D eigenvalue weighted by atomic mass is 16.3. The van der Waals surface area contributed by atoms with E-state index in [-0.39, 0.29) is 29.8 Å². The molecule has 0 saturated heterocycles. The molecule has 1 saturated carbocycles. The van der Waals surface area contributed by atoms with Gasteiger partial charge in [-0.05, 0) is 50.7 Å². The van der Waals surface area contributed by atoms with Gasteiger partial charge >= 0.3 is 0 Å². The molecule has 2 aromatic rings. The monoisotopic (exact) mass is 329 g/mol. The van der Waals surface area contributed by atoms with Crippen molar-refractivity contribution in [3.05, 3.63) is 51.9 Å². The van der Waals surface area contributed by atoms with E-state index in [1.807, 2.05) is 31.2 Å². The SMILES string of the molecule is Cc1ccc(-n2[nH]c(C(=O)NC3CCC(CO)CC3)cc2=O)cc1. The topological polar surface area (TPSA) is 87.1 Å². The molecule has 6 heteroatoms. The largest absolute Gasteiger partial charge is 0.396 e. The third-order valence-electron chi connectivity index (χ3n) is 4.70. The van der Waals surface area contributed by atoms with E-state index < -0.39 is 0 Å². The van der Waals surface area contributed by atoms with Gasteiger partial charge in [0.1, 0.15) is 5.69 Å². The third-order valence-corrected chi connectivity index (χ3v) is 4.70. The summed E-state index contributed by atoms with van der Waals surface area (Å²) >= 11 is 0. The standard InChI is InChI=1S/C18H23N3O3/c1-12-2-8-15(9-3-12)21-17(23)10-16(20-21)18(24)19-14-6-4-13(11-22)5-7-14/h2-3,8-10,13-14,20,22H,4-7,11H2,1H3,(H,19,24). The normalized spacial score (nSPS) is 20.8. The molecule has 0 radical (unpaired) electrons. The van der Waals surface area contributed by atoms with Crippen LogP contribution in [-0.2, 0) is 0 Å². The number of hydrogen-bond acceptors (Lipinski definition) is 3. The van der Waals surface area contributed by atoms with Crippen LogP contribution in [0.25, 0.3) is 5.69 Å². The van der Waals surface area contributed by atoms with E-state index in [0.717, 1.165) is 31.2 Å². The molecular formula is C18H23N3O3. The van der Waals surface area contributed by atoms with E-state index in [0.29, 0.717) is 11.6 Å². The molecule has 1 aliphatic rings. The molecule has 0 spiro atoms. The van der Waals surface area contributed by atoms with Gasteiger partial charge in [-0.1, -0.05) is 17.7 Å². The van der Waals surface area contributed by atoms with E-state index in [2.05, 4.69) is 10.4 Å². The summed E-state index contributed by atoms with van der Waals surface area (Å²) < 4.78 is 1.37. The van der Waals surface area contributed by atoms with Crippen molar-refractivity contribution in [1.82, 2.24) is 15.1 Å². The van der Waals surface area contributed by atoms with Gasteiger partial charge in [0.2, 0.25) is 0 Å². The molecule has 0 unspecified atom stereocenters. The lowest BCUT2D eigenvalue weighted by Crippen LogP contribution is -2.38. The molecule has 1 fully saturated rings. The number of amides is 1. The van der Waals surface area contributed by atoms with Crippen LogP contribution in [0.1, 0.15) is 41.7 Å². The zero-order valence-corrected chi connectivity index (χ0v) is 13.8. The average Bonchev–Trinajstić information content (AvgIpc) is 2.98. The Hall–Kier alpha value is -2.34. The first kappa shape index (κ1) is 16.5. The van der Waals surface area contributed by atoms with E-state index >= 15 is 0 Å². The minimum absolute atomic E-state index is 0.103. The summed E-state index contributed by atoms with van der Waals surface area (Å²) in [6.07, 6.45) is 3.56. The Kier molecular flexibility index (Phi) is 4.85. The van der Waals surface area contributed by atoms with Crippen LogP contribution in [-0.4, -0.2) is 33.4 Å². The summed E-state index contributed by atoms with van der Waals surface area (Å²) in [7, 11) is 0. The number of aliphatic hydroxyl groups excluding tert-OH is 1. The van der Waals surface area contributed by atoms with Gasteiger partial charge in [0.05, 0.1) is 5.69 Å². The molecule has 1 heterocycles. The van der Waals surface area contributed by atoms with E-state index in [4.69, 9.17) is 5.11 Å². The van der Waals surface area contributed by atoms with Crippen molar-refractivity contribution in [1.29, 1.82) is 0 Å². The Morgan fingerprint density at radius 3 is 2.54 bits per heavy atom. The smallest absolute Gasteiger partial charge is 0.271 e. The highest BCUT2D eigenvalue weighted by molar-refractivity contribution is 5.92. The lowest BCUT2D eigenvalue weighted by Gasteiger charge is -2.27. The summed E-state index contributed by atoms with van der Waals surface area (Å²) in [5.41, 5.74) is 1.82. The molecule has 0 atom stereocenters. The number of aromatic nitrogens is 2. The zero-order valence-electron chi connectivity index (χ0n) is 13.8. The molecule has 24 heavy (non-hydrogen) atoms. The molecule has 3 N–H and O–H groups in total. The maximum atomic E-state index is 12.4. The second kappa shape index (κ2) is 7.05. The maximum absolute atomic E-state index is 12.4. The van der Waals surface area contributed by atoms with Gasteiger partial charge in [-0.25, -0.2) is 4.68 Å². The van der Waals surface area contributed by atoms with Crippen molar-refractivity contribution >= 4 is 5.91 Å². The third kappa shape index (κ3) is 3.59. The Bertz CT molecular complexity index is 753. The van der Waals surface area contributed by atoms with Crippen molar-refractivity contribution in [2.24, 2.45) is 5.92 Å². The Morgan fingerprint density at radius 2 is 1.92 bits per heavy atom. The number of H-pyrrole nitrogens is 1. The van der Waals surface area contributed by atoms with Gasteiger partial charge in [-0.3, -0.25) is 14.7 Å². The van der Waals surface area contributed by atoms with E-state index in [1.165, 1.54) is 10.7 Å². The summed E-state index contributed by atoms with van der Waals surface area (Å²) in [4.78, 5) is 24.5. The van der Waals surface area contributed by atoms with Crippen LogP contribution in [0.5, 0.6) is 0 Å². The molecule has 1 aromatic heterocycles. The van der Waals surface area contributed by atoms with Crippen molar-refractivity contribution in [2.75, 3.05) is 6.61 Å². The minimum Gasteiger partial charge on any atom is -0.396 e. The predicted molar refractivity (Wildman–Crippen MR) is 91.4 cm³/mol. The highest BCUT2D eigenvalue weighted by Crippen LogP contribution is 2.23. The predicted octanol–water partition coefficient (Wildman–Crippen LogP) is 1.75. The summed E-state index contributed by atoms with van der Waals surface area (Å²) in [5, 5.41) is 15.0. The lowest BCUT2D eigenvalue weighted by molar-refractivity contribution is 0.0908. The molecule has 1 aliphatic carbocycles. The number of benzene rings is 1. The average molecular weight is 329 g/mol. The fourth-order valence-electron chi connectivity index (χ4n) is 3.15. The number of aliphatic hydroxyl groups is 1. The van der Waals surface area contributed by atoms with Crippen LogP contribution in [0.15, 0.2) is 35.1 Å². The Balaban J connectivity index is 1.69. The minimum atomic E-state index is -0.259. The van der Waals surface area contributed by atoms with Gasteiger partial charge in [-0.15, -0.1) is 0 Å². The summed E-state index contributed by atoms with van der Waals surface area (Å²) in [6, 6.07) is 8.95. The zero-order chi connectivity index (χ0) is 17.1. The number of carbonyl (C=O) groups is 1. The van der Waals surface area contributed by atoms with Gasteiger partial charge in [0.25, 0.3) is 11.5 Å². The van der Waals surface area contributed by atoms with Crippen LogP contribution in [0.2, 0.25) is 0 Å². The first-order valence-corrected chi connectivity index (χ1v) is 8.37. The van der Waals surface area contributed by atoms with Crippen LogP contribution in [0, 0.1) is 12.8 Å². The molecular weight excluding hydrogens is 306 g/mol. The Labute approximate surface area is 140 Å². The van der Waals surface area contributed by atoms with Gasteiger partial charge in [-0.2, -0.15) is 0 Å². The van der Waals surface area contributed by atoms with Crippen molar-refractivity contribution in [3.63, 3.8) is 0 Å². The van der Waals surface area contributed by atoms with E-state index in [9.17, 15) is 9.59 Å². The number of carbonyl (C=O) groups excluding carboxylic acids is 1. The molecule has 3 rings (SSSR count). The quantitative estimate of drug-likeness (QED) is 0.799. The molecule has 0 bridgehead atoms. The number of aromatic amines is 1. The van der Waals surface area contributed by atoms with Crippen molar-refractivity contribution in [2.45, 2.75) is 38.6 Å². The number of nitrogens with zero attached hydrogens (tertiary/aromatic N) is 1. The summed E-state index contributed by atoms with van der Waals surface area (Å²) in [5.74, 6) is 0.0889. The van der Waals surface area contributed by atoms with Crippen LogP contribution in [0.4, 0.5) is 0 Å². The fourth-order valence-corrected chi connectivity index (χ4v) is 3.15. The Morgan fingerprint density at radius 1 is 1.25 bits per heavy atom. The first-order valence-electron chi connectivity index (χ1n) is 8.37. The maximum Gasteiger partial charge on any atom is 0.271 e. The van der Waals surface area contributed by atoms with E-state index in [1.54, 1.807) is 0 Å². The number of rotatable bonds is 4. The van der Waals surface area contributed by atoms with Crippen LogP contribution >= 0.6 is 0 Å². The second-order valence-corrected chi connectivity index (χ2v) is 6.55. The molecule has 128 valence electrons.